The molecule has 0 radical (unpaired) electrons. The molecule has 204 valence electrons. The van der Waals surface area contributed by atoms with Crippen molar-refractivity contribution in [1.82, 2.24) is 14.8 Å². The Morgan fingerprint density at radius 3 is 2.26 bits per heavy atom. The van der Waals surface area contributed by atoms with Crippen molar-refractivity contribution in [3.63, 3.8) is 0 Å². The molecule has 1 fully saturated rings. The Morgan fingerprint density at radius 1 is 1.00 bits per heavy atom. The number of carbonyl (C=O) groups excluding carboxylic acids is 1. The number of nitrogens with zero attached hydrogens (tertiary/aromatic N) is 3. The highest BCUT2D eigenvalue weighted by molar-refractivity contribution is 7.99. The van der Waals surface area contributed by atoms with Crippen LogP contribution in [0.1, 0.15) is 68.4 Å². The molecule has 4 rings (SSSR count). The lowest BCUT2D eigenvalue weighted by Gasteiger charge is -2.20. The highest BCUT2D eigenvalue weighted by Gasteiger charge is 2.26. The van der Waals surface area contributed by atoms with Gasteiger partial charge in [-0.25, -0.2) is 0 Å². The molecular weight excluding hydrogens is 522 g/mol. The normalized spacial score (nSPS) is 14.4. The number of alkyl halides is 4. The zero-order valence-electron chi connectivity index (χ0n) is 21.3. The van der Waals surface area contributed by atoms with Crippen LogP contribution in [0.5, 0.6) is 11.5 Å². The minimum atomic E-state index is -3.24. The molecule has 38 heavy (non-hydrogen) atoms. The van der Waals surface area contributed by atoms with E-state index in [1.165, 1.54) is 5.56 Å². The van der Waals surface area contributed by atoms with E-state index >= 15 is 0 Å². The molecule has 0 saturated heterocycles. The molecule has 0 amide bonds. The van der Waals surface area contributed by atoms with Gasteiger partial charge >= 0.3 is 13.2 Å². The summed E-state index contributed by atoms with van der Waals surface area (Å²) in [5.74, 6) is -0.861. The van der Waals surface area contributed by atoms with Gasteiger partial charge in [0.05, 0.1) is 11.3 Å². The lowest BCUT2D eigenvalue weighted by Crippen LogP contribution is -2.12. The largest absolute Gasteiger partial charge is 0.435 e. The number of halogens is 4. The van der Waals surface area contributed by atoms with E-state index in [2.05, 4.69) is 57.1 Å². The molecule has 3 aromatic rings. The summed E-state index contributed by atoms with van der Waals surface area (Å²) in [6.45, 7) is 0.0464. The van der Waals surface area contributed by atoms with Crippen LogP contribution in [-0.4, -0.2) is 39.5 Å². The quantitative estimate of drug-likeness (QED) is 0.147. The summed E-state index contributed by atoms with van der Waals surface area (Å²) in [4.78, 5) is 13.0. The fourth-order valence-electron chi connectivity index (χ4n) is 4.49. The molecule has 11 heteroatoms. The summed E-state index contributed by atoms with van der Waals surface area (Å²) in [5, 5.41) is 9.35. The topological polar surface area (TPSA) is 66.2 Å². The Bertz CT molecular complexity index is 1250. The first-order valence-corrected chi connectivity index (χ1v) is 13.3. The number of hydrogen-bond donors (Lipinski definition) is 0. The van der Waals surface area contributed by atoms with Crippen molar-refractivity contribution in [2.45, 2.75) is 76.3 Å². The third-order valence-electron chi connectivity index (χ3n) is 6.39. The van der Waals surface area contributed by atoms with Gasteiger partial charge in [-0.15, -0.1) is 10.2 Å². The average molecular weight is 552 g/mol. The summed E-state index contributed by atoms with van der Waals surface area (Å²) in [5.41, 5.74) is 1.96. The predicted molar refractivity (Wildman–Crippen MR) is 136 cm³/mol. The van der Waals surface area contributed by atoms with E-state index in [0.29, 0.717) is 11.0 Å². The molecule has 2 aromatic carbocycles. The van der Waals surface area contributed by atoms with E-state index in [1.54, 1.807) is 0 Å². The van der Waals surface area contributed by atoms with Gasteiger partial charge in [-0.2, -0.15) is 17.6 Å². The lowest BCUT2D eigenvalue weighted by molar-refractivity contribution is -0.0544. The number of hydrogen-bond acceptors (Lipinski definition) is 6. The van der Waals surface area contributed by atoms with Crippen LogP contribution >= 0.6 is 11.8 Å². The molecule has 0 N–H and O–H groups in total. The number of rotatable bonds is 10. The van der Waals surface area contributed by atoms with Crippen LogP contribution < -0.4 is 9.47 Å². The summed E-state index contributed by atoms with van der Waals surface area (Å²) in [6, 6.07) is 11.5. The first-order chi connectivity index (χ1) is 18.0. The SMILES string of the molecule is CC(C)(C)c1ccc(-c2nnc(SCC(=O)c3ccc(OC(F)F)cc3OC(F)F)n2C2CCCC2)cc1. The number of ether oxygens (including phenoxy) is 2. The molecule has 0 bridgehead atoms. The third kappa shape index (κ3) is 6.67. The van der Waals surface area contributed by atoms with E-state index in [-0.39, 0.29) is 28.5 Å². The van der Waals surface area contributed by atoms with E-state index in [9.17, 15) is 22.4 Å². The molecule has 1 aliphatic rings. The number of benzene rings is 2. The van der Waals surface area contributed by atoms with Gasteiger partial charge in [0.15, 0.2) is 16.8 Å². The number of Topliss-reactive ketones (excluding diaryl/α,β-unsaturated/α-hetero) is 1. The third-order valence-corrected chi connectivity index (χ3v) is 7.33. The van der Waals surface area contributed by atoms with Gasteiger partial charge < -0.3 is 9.47 Å². The number of thioether (sulfide) groups is 1. The van der Waals surface area contributed by atoms with Crippen LogP contribution in [0.3, 0.4) is 0 Å². The lowest BCUT2D eigenvalue weighted by atomic mass is 9.86. The smallest absolute Gasteiger partial charge is 0.387 e. The number of ketones is 1. The molecule has 0 spiro atoms. The fraction of sp³-hybridized carbons (Fsp3) is 0.444. The maximum Gasteiger partial charge on any atom is 0.387 e. The minimum Gasteiger partial charge on any atom is -0.435 e. The first-order valence-electron chi connectivity index (χ1n) is 12.3. The second-order valence-corrected chi connectivity index (χ2v) is 11.0. The molecular formula is C27H29F4N3O3S. The van der Waals surface area contributed by atoms with Gasteiger partial charge in [-0.05, 0) is 36.0 Å². The Balaban J connectivity index is 1.58. The molecule has 0 aliphatic heterocycles. The van der Waals surface area contributed by atoms with Crippen LogP contribution in [-0.2, 0) is 5.41 Å². The van der Waals surface area contributed by atoms with Gasteiger partial charge in [0.2, 0.25) is 0 Å². The summed E-state index contributed by atoms with van der Waals surface area (Å²) >= 11 is 1.15. The first kappa shape index (κ1) is 27.9. The van der Waals surface area contributed by atoms with Crippen molar-refractivity contribution in [2.24, 2.45) is 0 Å². The van der Waals surface area contributed by atoms with Crippen molar-refractivity contribution in [2.75, 3.05) is 5.75 Å². The van der Waals surface area contributed by atoms with Gasteiger partial charge in [0.25, 0.3) is 0 Å². The Labute approximate surface area is 222 Å². The Kier molecular flexibility index (Phi) is 8.64. The van der Waals surface area contributed by atoms with Crippen LogP contribution in [0.4, 0.5) is 17.6 Å². The molecule has 1 aromatic heterocycles. The van der Waals surface area contributed by atoms with Crippen molar-refractivity contribution >= 4 is 17.5 Å². The van der Waals surface area contributed by atoms with Crippen molar-refractivity contribution in [1.29, 1.82) is 0 Å². The zero-order valence-corrected chi connectivity index (χ0v) is 22.1. The summed E-state index contributed by atoms with van der Waals surface area (Å²) in [6.07, 6.45) is 4.08. The van der Waals surface area contributed by atoms with Gasteiger partial charge in [0.1, 0.15) is 11.5 Å². The Morgan fingerprint density at radius 2 is 1.66 bits per heavy atom. The maximum atomic E-state index is 13.0. The zero-order chi connectivity index (χ0) is 27.4. The second-order valence-electron chi connectivity index (χ2n) is 10.1. The van der Waals surface area contributed by atoms with Crippen LogP contribution in [0.25, 0.3) is 11.4 Å². The maximum absolute atomic E-state index is 13.0. The van der Waals surface area contributed by atoms with Crippen molar-refractivity contribution in [3.05, 3.63) is 53.6 Å². The van der Waals surface area contributed by atoms with E-state index in [0.717, 1.165) is 61.2 Å². The average Bonchev–Trinajstić information content (AvgIpc) is 3.51. The highest BCUT2D eigenvalue weighted by atomic mass is 32.2. The van der Waals surface area contributed by atoms with E-state index < -0.39 is 24.8 Å². The van der Waals surface area contributed by atoms with Crippen LogP contribution in [0.2, 0.25) is 0 Å². The van der Waals surface area contributed by atoms with Gasteiger partial charge in [-0.3, -0.25) is 9.36 Å². The monoisotopic (exact) mass is 551 g/mol. The molecule has 0 unspecified atom stereocenters. The predicted octanol–water partition coefficient (Wildman–Crippen LogP) is 7.54. The van der Waals surface area contributed by atoms with Crippen LogP contribution in [0, 0.1) is 0 Å². The number of aromatic nitrogens is 3. The molecule has 1 heterocycles. The van der Waals surface area contributed by atoms with E-state index in [4.69, 9.17) is 0 Å². The van der Waals surface area contributed by atoms with Crippen LogP contribution in [0.15, 0.2) is 47.6 Å². The summed E-state index contributed by atoms with van der Waals surface area (Å²) in [7, 11) is 0. The van der Waals surface area contributed by atoms with Crippen molar-refractivity contribution in [3.8, 4) is 22.9 Å². The van der Waals surface area contributed by atoms with E-state index in [1.807, 2.05) is 12.1 Å². The molecule has 1 saturated carbocycles. The van der Waals surface area contributed by atoms with Gasteiger partial charge in [0, 0.05) is 17.7 Å². The molecule has 6 nitrogen and oxygen atoms in total. The molecule has 0 atom stereocenters. The minimum absolute atomic E-state index is 0.00962. The summed E-state index contributed by atoms with van der Waals surface area (Å²) < 4.78 is 61.7. The Hall–Kier alpha value is -3.08. The standard InChI is InChI=1S/C27H29F4N3O3S/c1-27(2,3)17-10-8-16(9-11-17)23-32-33-26(34(23)18-6-4-5-7-18)38-15-21(35)20-13-12-19(36-24(28)29)14-22(20)37-25(30)31/h8-14,18,24-25H,4-7,15H2,1-3H3. The van der Waals surface area contributed by atoms with Crippen molar-refractivity contribution < 1.29 is 31.8 Å². The van der Waals surface area contributed by atoms with Gasteiger partial charge in [-0.1, -0.05) is 69.6 Å². The molecule has 1 aliphatic carbocycles. The fourth-order valence-corrected chi connectivity index (χ4v) is 5.38. The second kappa shape index (κ2) is 11.8. The highest BCUT2D eigenvalue weighted by Crippen LogP contribution is 2.37. The number of carbonyl (C=O) groups is 1.